The summed E-state index contributed by atoms with van der Waals surface area (Å²) in [6.07, 6.45) is -2.67. The third-order valence-corrected chi connectivity index (χ3v) is 5.03. The standard InChI is InChI=1S/C22H32N6O8/c1-11(29)18(22(35)36)28-20(33)14(7-8-16(24)30)26-21(34)15(10-17(25)31)27-19(32)13(23)9-12-5-3-2-4-6-12/h2-6,11,13-15,18,29H,7-10,23H2,1H3,(H2,24,30)(H2,25,31)(H,26,34)(H,27,32)(H,28,33)(H,35,36). The fourth-order valence-electron chi connectivity index (χ4n) is 3.12. The Morgan fingerprint density at radius 3 is 1.92 bits per heavy atom. The lowest BCUT2D eigenvalue weighted by molar-refractivity contribution is -0.145. The van der Waals surface area contributed by atoms with Crippen LogP contribution in [0.2, 0.25) is 0 Å². The summed E-state index contributed by atoms with van der Waals surface area (Å²) < 4.78 is 0. The minimum Gasteiger partial charge on any atom is -0.480 e. The van der Waals surface area contributed by atoms with Gasteiger partial charge in [0.2, 0.25) is 29.5 Å². The molecule has 0 aromatic heterocycles. The number of primary amides is 2. The maximum atomic E-state index is 12.9. The average molecular weight is 509 g/mol. The zero-order valence-electron chi connectivity index (χ0n) is 19.7. The van der Waals surface area contributed by atoms with Crippen LogP contribution in [0, 0.1) is 0 Å². The predicted octanol–water partition coefficient (Wildman–Crippen LogP) is -3.38. The molecule has 198 valence electrons. The van der Waals surface area contributed by atoms with Crippen LogP contribution in [0.5, 0.6) is 0 Å². The summed E-state index contributed by atoms with van der Waals surface area (Å²) in [6, 6.07) is 3.01. The lowest BCUT2D eigenvalue weighted by atomic mass is 10.0. The molecule has 0 aliphatic carbocycles. The summed E-state index contributed by atoms with van der Waals surface area (Å²) in [7, 11) is 0. The first-order chi connectivity index (χ1) is 16.8. The average Bonchev–Trinajstić information content (AvgIpc) is 2.79. The van der Waals surface area contributed by atoms with Crippen molar-refractivity contribution in [2.45, 2.75) is 62.9 Å². The smallest absolute Gasteiger partial charge is 0.328 e. The first kappa shape index (κ1) is 30.0. The Kier molecular flexibility index (Phi) is 12.0. The number of hydrogen-bond acceptors (Lipinski definition) is 8. The van der Waals surface area contributed by atoms with E-state index in [0.29, 0.717) is 0 Å². The largest absolute Gasteiger partial charge is 0.480 e. The fraction of sp³-hybridized carbons (Fsp3) is 0.455. The van der Waals surface area contributed by atoms with Crippen LogP contribution < -0.4 is 33.2 Å². The number of nitrogens with one attached hydrogen (secondary N) is 3. The molecule has 5 unspecified atom stereocenters. The van der Waals surface area contributed by atoms with Crippen molar-refractivity contribution in [3.05, 3.63) is 35.9 Å². The van der Waals surface area contributed by atoms with Gasteiger partial charge in [0.15, 0.2) is 6.04 Å². The van der Waals surface area contributed by atoms with Gasteiger partial charge >= 0.3 is 5.97 Å². The molecule has 36 heavy (non-hydrogen) atoms. The molecule has 14 heteroatoms. The van der Waals surface area contributed by atoms with E-state index in [1.807, 2.05) is 0 Å². The lowest BCUT2D eigenvalue weighted by Crippen LogP contribution is -2.59. The number of carbonyl (C=O) groups is 6. The number of carboxylic acids is 1. The van der Waals surface area contributed by atoms with Gasteiger partial charge in [0.05, 0.1) is 18.6 Å². The van der Waals surface area contributed by atoms with Crippen molar-refractivity contribution in [3.8, 4) is 0 Å². The second-order valence-electron chi connectivity index (χ2n) is 8.16. The third kappa shape index (κ3) is 10.5. The highest BCUT2D eigenvalue weighted by Crippen LogP contribution is 2.05. The van der Waals surface area contributed by atoms with Gasteiger partial charge in [-0.15, -0.1) is 0 Å². The molecule has 5 amide bonds. The van der Waals surface area contributed by atoms with E-state index in [4.69, 9.17) is 17.2 Å². The summed E-state index contributed by atoms with van der Waals surface area (Å²) in [5.74, 6) is -6.10. The molecule has 1 aromatic rings. The van der Waals surface area contributed by atoms with E-state index < -0.39 is 72.2 Å². The van der Waals surface area contributed by atoms with Crippen LogP contribution in [-0.4, -0.2) is 76.0 Å². The van der Waals surface area contributed by atoms with Crippen LogP contribution >= 0.6 is 0 Å². The molecule has 0 heterocycles. The van der Waals surface area contributed by atoms with Crippen LogP contribution in [-0.2, 0) is 35.2 Å². The van der Waals surface area contributed by atoms with Gasteiger partial charge in [0, 0.05) is 6.42 Å². The Hall–Kier alpha value is -4.04. The number of rotatable bonds is 15. The van der Waals surface area contributed by atoms with E-state index in [0.717, 1.165) is 12.5 Å². The molecule has 0 spiro atoms. The van der Waals surface area contributed by atoms with E-state index in [1.54, 1.807) is 30.3 Å². The molecule has 0 bridgehead atoms. The van der Waals surface area contributed by atoms with Crippen LogP contribution in [0.25, 0.3) is 0 Å². The quantitative estimate of drug-likeness (QED) is 0.117. The van der Waals surface area contributed by atoms with Crippen molar-refractivity contribution in [2.75, 3.05) is 0 Å². The second-order valence-corrected chi connectivity index (χ2v) is 8.16. The van der Waals surface area contributed by atoms with Crippen LogP contribution in [0.15, 0.2) is 30.3 Å². The van der Waals surface area contributed by atoms with Crippen molar-refractivity contribution in [1.29, 1.82) is 0 Å². The van der Waals surface area contributed by atoms with Gasteiger partial charge in [-0.1, -0.05) is 30.3 Å². The zero-order chi connectivity index (χ0) is 27.4. The molecule has 11 N–H and O–H groups in total. The highest BCUT2D eigenvalue weighted by molar-refractivity contribution is 5.96. The number of carbonyl (C=O) groups excluding carboxylic acids is 5. The van der Waals surface area contributed by atoms with Crippen molar-refractivity contribution in [2.24, 2.45) is 17.2 Å². The van der Waals surface area contributed by atoms with Gasteiger partial charge in [-0.2, -0.15) is 0 Å². The highest BCUT2D eigenvalue weighted by Gasteiger charge is 2.32. The summed E-state index contributed by atoms with van der Waals surface area (Å²) in [4.78, 5) is 72.1. The van der Waals surface area contributed by atoms with Crippen molar-refractivity contribution in [1.82, 2.24) is 16.0 Å². The molecule has 1 aromatic carbocycles. The minimum atomic E-state index is -1.71. The second kappa shape index (κ2) is 14.4. The maximum Gasteiger partial charge on any atom is 0.328 e. The highest BCUT2D eigenvalue weighted by atomic mass is 16.4. The van der Waals surface area contributed by atoms with E-state index in [1.165, 1.54) is 0 Å². The summed E-state index contributed by atoms with van der Waals surface area (Å²) >= 11 is 0. The van der Waals surface area contributed by atoms with Gasteiger partial charge in [-0.3, -0.25) is 24.0 Å². The zero-order valence-corrected chi connectivity index (χ0v) is 19.7. The molecule has 14 nitrogen and oxygen atoms in total. The van der Waals surface area contributed by atoms with Crippen molar-refractivity contribution in [3.63, 3.8) is 0 Å². The molecule has 0 fully saturated rings. The fourth-order valence-corrected chi connectivity index (χ4v) is 3.12. The number of aliphatic hydroxyl groups excluding tert-OH is 1. The first-order valence-electron chi connectivity index (χ1n) is 11.0. The molecule has 5 atom stereocenters. The number of carboxylic acid groups (broad SMARTS) is 1. The van der Waals surface area contributed by atoms with Gasteiger partial charge in [-0.05, 0) is 25.3 Å². The predicted molar refractivity (Wildman–Crippen MR) is 125 cm³/mol. The Bertz CT molecular complexity index is 955. The molecule has 0 saturated carbocycles. The Labute approximate surface area is 206 Å². The van der Waals surface area contributed by atoms with Gasteiger partial charge in [0.1, 0.15) is 12.1 Å². The minimum absolute atomic E-state index is 0.136. The maximum absolute atomic E-state index is 12.9. The molecular formula is C22H32N6O8. The molecular weight excluding hydrogens is 476 g/mol. The van der Waals surface area contributed by atoms with Gasteiger partial charge < -0.3 is 43.4 Å². The summed E-state index contributed by atoms with van der Waals surface area (Å²) in [6.45, 7) is 1.13. The normalized spacial score (nSPS) is 14.9. The number of aliphatic carboxylic acids is 1. The van der Waals surface area contributed by atoms with Gasteiger partial charge in [0.25, 0.3) is 0 Å². The number of aliphatic hydroxyl groups is 1. The topological polar surface area (TPSA) is 257 Å². The monoisotopic (exact) mass is 508 g/mol. The van der Waals surface area contributed by atoms with Crippen LogP contribution in [0.3, 0.4) is 0 Å². The number of benzene rings is 1. The molecule has 0 aliphatic rings. The third-order valence-electron chi connectivity index (χ3n) is 5.03. The number of amides is 5. The lowest BCUT2D eigenvalue weighted by Gasteiger charge is -2.25. The molecule has 0 aliphatic heterocycles. The summed E-state index contributed by atoms with van der Waals surface area (Å²) in [5.41, 5.74) is 17.0. The molecule has 0 radical (unpaired) electrons. The Morgan fingerprint density at radius 2 is 1.42 bits per heavy atom. The summed E-state index contributed by atoms with van der Waals surface area (Å²) in [5, 5.41) is 25.4. The molecule has 0 saturated heterocycles. The van der Waals surface area contributed by atoms with Crippen molar-refractivity contribution >= 4 is 35.5 Å². The van der Waals surface area contributed by atoms with Crippen molar-refractivity contribution < 1.29 is 39.0 Å². The van der Waals surface area contributed by atoms with E-state index >= 15 is 0 Å². The van der Waals surface area contributed by atoms with Crippen LogP contribution in [0.4, 0.5) is 0 Å². The molecule has 1 rings (SSSR count). The number of hydrogen-bond donors (Lipinski definition) is 8. The Balaban J connectivity index is 3.00. The SMILES string of the molecule is CC(O)C(NC(=O)C(CCC(N)=O)NC(=O)C(CC(N)=O)NC(=O)C(N)Cc1ccccc1)C(=O)O. The number of nitrogens with two attached hydrogens (primary N) is 3. The van der Waals surface area contributed by atoms with Crippen LogP contribution in [0.1, 0.15) is 31.7 Å². The van der Waals surface area contributed by atoms with E-state index in [-0.39, 0.29) is 19.3 Å². The van der Waals surface area contributed by atoms with E-state index in [2.05, 4.69) is 16.0 Å². The first-order valence-corrected chi connectivity index (χ1v) is 11.0. The van der Waals surface area contributed by atoms with Gasteiger partial charge in [-0.25, -0.2) is 4.79 Å². The Morgan fingerprint density at radius 1 is 0.861 bits per heavy atom. The van der Waals surface area contributed by atoms with E-state index in [9.17, 15) is 39.0 Å².